The molecule has 4 heteroatoms. The zero-order valence-electron chi connectivity index (χ0n) is 15.6. The first-order valence-corrected chi connectivity index (χ1v) is 9.12. The summed E-state index contributed by atoms with van der Waals surface area (Å²) in [7, 11) is 0. The van der Waals surface area contributed by atoms with E-state index in [4.69, 9.17) is 16.9 Å². The summed E-state index contributed by atoms with van der Waals surface area (Å²) in [6, 6.07) is 16.8. The van der Waals surface area contributed by atoms with Crippen LogP contribution in [0.3, 0.4) is 0 Å². The SMILES string of the molecule is Cc1ccc(C(C)/C(=C\C(=N)CN2CC(N)C2)c2ccc(N)cc2)cc1. The fraction of sp³-hybridized carbons (Fsp3) is 0.318. The standard InChI is InChI=1S/C22H28N4/c1-15-3-5-17(6-4-15)16(2)22(18-7-9-19(23)10-8-18)11-20(24)12-26-13-21(25)14-26/h3-11,16,21,24H,12-14,23,25H2,1-2H3/b22-11+,24-20?. The molecule has 136 valence electrons. The van der Waals surface area contributed by atoms with E-state index in [2.05, 4.69) is 43.0 Å². The van der Waals surface area contributed by atoms with Crippen LogP contribution in [0.2, 0.25) is 0 Å². The number of hydrogen-bond donors (Lipinski definition) is 3. The van der Waals surface area contributed by atoms with Crippen molar-refractivity contribution < 1.29 is 0 Å². The number of benzene rings is 2. The molecule has 0 bridgehead atoms. The topological polar surface area (TPSA) is 79.1 Å². The Labute approximate surface area is 156 Å². The van der Waals surface area contributed by atoms with Crippen LogP contribution in [0, 0.1) is 12.3 Å². The Morgan fingerprint density at radius 2 is 1.77 bits per heavy atom. The number of aryl methyl sites for hydroxylation is 1. The van der Waals surface area contributed by atoms with Gasteiger partial charge in [-0.05, 0) is 41.8 Å². The van der Waals surface area contributed by atoms with Crippen molar-refractivity contribution in [3.05, 3.63) is 71.3 Å². The molecule has 4 nitrogen and oxygen atoms in total. The number of rotatable bonds is 6. The van der Waals surface area contributed by atoms with Crippen molar-refractivity contribution in [2.75, 3.05) is 25.4 Å². The summed E-state index contributed by atoms with van der Waals surface area (Å²) in [5.74, 6) is 0.193. The lowest BCUT2D eigenvalue weighted by molar-refractivity contribution is 0.176. The third-order valence-corrected chi connectivity index (χ3v) is 5.00. The van der Waals surface area contributed by atoms with Gasteiger partial charge in [0.05, 0.1) is 0 Å². The molecular weight excluding hydrogens is 320 g/mol. The molecule has 26 heavy (non-hydrogen) atoms. The predicted molar refractivity (Wildman–Crippen MR) is 111 cm³/mol. The van der Waals surface area contributed by atoms with Crippen LogP contribution in [0.25, 0.3) is 5.57 Å². The number of allylic oxidation sites excluding steroid dienone is 1. The van der Waals surface area contributed by atoms with E-state index in [0.717, 1.165) is 29.9 Å². The lowest BCUT2D eigenvalue weighted by atomic mass is 9.86. The molecule has 0 spiro atoms. The number of nitrogen functional groups attached to an aromatic ring is 1. The molecule has 1 saturated heterocycles. The highest BCUT2D eigenvalue weighted by molar-refractivity contribution is 6.01. The Bertz CT molecular complexity index is 784. The fourth-order valence-corrected chi connectivity index (χ4v) is 3.38. The van der Waals surface area contributed by atoms with Crippen LogP contribution in [0.15, 0.2) is 54.6 Å². The van der Waals surface area contributed by atoms with Gasteiger partial charge < -0.3 is 16.9 Å². The normalized spacial score (nSPS) is 17.0. The van der Waals surface area contributed by atoms with Crippen LogP contribution in [0.1, 0.15) is 29.5 Å². The lowest BCUT2D eigenvalue weighted by Crippen LogP contribution is -2.56. The number of nitrogens with zero attached hydrogens (tertiary/aromatic N) is 1. The second kappa shape index (κ2) is 7.85. The molecule has 3 rings (SSSR count). The van der Waals surface area contributed by atoms with Crippen molar-refractivity contribution in [1.29, 1.82) is 5.41 Å². The number of anilines is 1. The van der Waals surface area contributed by atoms with Gasteiger partial charge >= 0.3 is 0 Å². The van der Waals surface area contributed by atoms with E-state index in [9.17, 15) is 0 Å². The first-order valence-electron chi connectivity index (χ1n) is 9.12. The molecule has 1 aliphatic rings. The van der Waals surface area contributed by atoms with Crippen LogP contribution in [0.4, 0.5) is 5.69 Å². The summed E-state index contributed by atoms with van der Waals surface area (Å²) in [6.07, 6.45) is 2.01. The molecule has 0 amide bonds. The van der Waals surface area contributed by atoms with E-state index in [1.54, 1.807) is 0 Å². The van der Waals surface area contributed by atoms with Gasteiger partial charge in [-0.1, -0.05) is 48.9 Å². The van der Waals surface area contributed by atoms with Gasteiger partial charge in [-0.15, -0.1) is 0 Å². The lowest BCUT2D eigenvalue weighted by Gasteiger charge is -2.36. The molecule has 2 aromatic carbocycles. The van der Waals surface area contributed by atoms with Gasteiger partial charge in [0.2, 0.25) is 0 Å². The van der Waals surface area contributed by atoms with Crippen molar-refractivity contribution in [2.24, 2.45) is 5.73 Å². The zero-order chi connectivity index (χ0) is 18.7. The van der Waals surface area contributed by atoms with Gasteiger partial charge in [-0.2, -0.15) is 0 Å². The summed E-state index contributed by atoms with van der Waals surface area (Å²) in [6.45, 7) is 6.69. The monoisotopic (exact) mass is 348 g/mol. The summed E-state index contributed by atoms with van der Waals surface area (Å²) < 4.78 is 0. The average molecular weight is 348 g/mol. The first kappa shape index (κ1) is 18.4. The van der Waals surface area contributed by atoms with Crippen LogP contribution >= 0.6 is 0 Å². The van der Waals surface area contributed by atoms with E-state index in [1.807, 2.05) is 30.3 Å². The molecule has 1 aliphatic heterocycles. The Hall–Kier alpha value is -2.43. The molecule has 5 N–H and O–H groups in total. The van der Waals surface area contributed by atoms with Crippen LogP contribution in [-0.2, 0) is 0 Å². The van der Waals surface area contributed by atoms with Gasteiger partial charge in [-0.25, -0.2) is 0 Å². The molecule has 0 saturated carbocycles. The fourth-order valence-electron chi connectivity index (χ4n) is 3.38. The molecule has 1 heterocycles. The third kappa shape index (κ3) is 4.40. The largest absolute Gasteiger partial charge is 0.399 e. The van der Waals surface area contributed by atoms with Crippen LogP contribution < -0.4 is 11.5 Å². The predicted octanol–water partition coefficient (Wildman–Crippen LogP) is 3.43. The van der Waals surface area contributed by atoms with Gasteiger partial charge in [0.1, 0.15) is 0 Å². The van der Waals surface area contributed by atoms with E-state index in [1.165, 1.54) is 11.1 Å². The zero-order valence-corrected chi connectivity index (χ0v) is 15.6. The summed E-state index contributed by atoms with van der Waals surface area (Å²) in [5, 5.41) is 8.45. The minimum absolute atomic E-state index is 0.193. The molecule has 1 fully saturated rings. The summed E-state index contributed by atoms with van der Waals surface area (Å²) in [4.78, 5) is 2.21. The highest BCUT2D eigenvalue weighted by atomic mass is 15.2. The van der Waals surface area contributed by atoms with Crippen molar-refractivity contribution in [2.45, 2.75) is 25.8 Å². The van der Waals surface area contributed by atoms with E-state index >= 15 is 0 Å². The molecule has 1 unspecified atom stereocenters. The van der Waals surface area contributed by atoms with Gasteiger partial charge in [-0.3, -0.25) is 4.90 Å². The summed E-state index contributed by atoms with van der Waals surface area (Å²) in [5.41, 5.74) is 17.8. The molecule has 0 aromatic heterocycles. The highest BCUT2D eigenvalue weighted by Crippen LogP contribution is 2.32. The molecule has 0 radical (unpaired) electrons. The second-order valence-electron chi connectivity index (χ2n) is 7.33. The summed E-state index contributed by atoms with van der Waals surface area (Å²) >= 11 is 0. The van der Waals surface area contributed by atoms with Crippen LogP contribution in [0.5, 0.6) is 0 Å². The maximum absolute atomic E-state index is 8.45. The first-order chi connectivity index (χ1) is 12.4. The number of hydrogen-bond acceptors (Lipinski definition) is 4. The van der Waals surface area contributed by atoms with Crippen molar-refractivity contribution in [3.8, 4) is 0 Å². The van der Waals surface area contributed by atoms with Crippen molar-refractivity contribution in [1.82, 2.24) is 4.90 Å². The smallest absolute Gasteiger partial charge is 0.0457 e. The van der Waals surface area contributed by atoms with E-state index in [-0.39, 0.29) is 12.0 Å². The Morgan fingerprint density at radius 1 is 1.15 bits per heavy atom. The Balaban J connectivity index is 1.87. The quantitative estimate of drug-likeness (QED) is 0.553. The van der Waals surface area contributed by atoms with Gasteiger partial charge in [0, 0.05) is 43.0 Å². The van der Waals surface area contributed by atoms with Gasteiger partial charge in [0.25, 0.3) is 0 Å². The minimum Gasteiger partial charge on any atom is -0.399 e. The molecule has 2 aromatic rings. The Morgan fingerprint density at radius 3 is 2.35 bits per heavy atom. The maximum atomic E-state index is 8.45. The minimum atomic E-state index is 0.193. The number of nitrogens with one attached hydrogen (secondary N) is 1. The Kier molecular flexibility index (Phi) is 5.55. The van der Waals surface area contributed by atoms with Gasteiger partial charge in [0.15, 0.2) is 0 Å². The van der Waals surface area contributed by atoms with Crippen LogP contribution in [-0.4, -0.2) is 36.3 Å². The van der Waals surface area contributed by atoms with Crippen molar-refractivity contribution in [3.63, 3.8) is 0 Å². The van der Waals surface area contributed by atoms with E-state index < -0.39 is 0 Å². The molecule has 1 atom stereocenters. The molecular formula is C22H28N4. The van der Waals surface area contributed by atoms with E-state index in [0.29, 0.717) is 12.3 Å². The highest BCUT2D eigenvalue weighted by Gasteiger charge is 2.23. The molecule has 0 aliphatic carbocycles. The second-order valence-corrected chi connectivity index (χ2v) is 7.33. The average Bonchev–Trinajstić information content (AvgIpc) is 2.59. The number of nitrogens with two attached hydrogens (primary N) is 2. The number of likely N-dealkylation sites (tertiary alicyclic amines) is 1. The third-order valence-electron chi connectivity index (χ3n) is 5.00. The maximum Gasteiger partial charge on any atom is 0.0457 e. The van der Waals surface area contributed by atoms with Crippen molar-refractivity contribution >= 4 is 17.0 Å².